The fourth-order valence-corrected chi connectivity index (χ4v) is 3.77. The Balaban J connectivity index is 1.46. The smallest absolute Gasteiger partial charge is 0.233 e. The van der Waals surface area contributed by atoms with Crippen LogP contribution in [0.5, 0.6) is 5.75 Å². The van der Waals surface area contributed by atoms with Crippen LogP contribution in [0.4, 0.5) is 5.69 Å². The third-order valence-electron chi connectivity index (χ3n) is 5.33. The molecule has 2 N–H and O–H groups in total. The first-order valence-electron chi connectivity index (χ1n) is 11.0. The minimum absolute atomic E-state index is 0.134. The minimum atomic E-state index is -0.290. The SMILES string of the molecule is CC(C)Cc1ccc(C(C)C(=O)NC(=S)Nc2ccc(OCC3CCCO3)cc2)cc1. The number of hydrogen-bond acceptors (Lipinski definition) is 4. The molecule has 1 aliphatic rings. The van der Waals surface area contributed by atoms with Crippen LogP contribution in [-0.2, 0) is 16.0 Å². The molecule has 0 aliphatic carbocycles. The lowest BCUT2D eigenvalue weighted by Gasteiger charge is -2.15. The second kappa shape index (κ2) is 11.3. The molecular formula is C25H32N2O3S. The first kappa shape index (κ1) is 23.2. The van der Waals surface area contributed by atoms with Gasteiger partial charge in [0.2, 0.25) is 5.91 Å². The highest BCUT2D eigenvalue weighted by molar-refractivity contribution is 7.80. The van der Waals surface area contributed by atoms with Gasteiger partial charge >= 0.3 is 0 Å². The summed E-state index contributed by atoms with van der Waals surface area (Å²) in [6.07, 6.45) is 3.37. The van der Waals surface area contributed by atoms with Crippen LogP contribution in [0, 0.1) is 5.92 Å². The lowest BCUT2D eigenvalue weighted by molar-refractivity contribution is -0.120. The number of anilines is 1. The second-order valence-corrected chi connectivity index (χ2v) is 8.88. The maximum atomic E-state index is 12.6. The summed E-state index contributed by atoms with van der Waals surface area (Å²) < 4.78 is 11.3. The molecule has 1 aliphatic heterocycles. The molecule has 0 aromatic heterocycles. The van der Waals surface area contributed by atoms with Crippen molar-refractivity contribution in [2.75, 3.05) is 18.5 Å². The first-order chi connectivity index (χ1) is 14.9. The van der Waals surface area contributed by atoms with E-state index in [1.807, 2.05) is 43.3 Å². The van der Waals surface area contributed by atoms with Crippen molar-refractivity contribution in [3.63, 3.8) is 0 Å². The maximum absolute atomic E-state index is 12.6. The van der Waals surface area contributed by atoms with Gasteiger partial charge in [-0.25, -0.2) is 0 Å². The number of nitrogens with one attached hydrogen (secondary N) is 2. The molecule has 2 atom stereocenters. The second-order valence-electron chi connectivity index (χ2n) is 8.48. The van der Waals surface area contributed by atoms with Crippen molar-refractivity contribution in [1.82, 2.24) is 5.32 Å². The molecule has 5 nitrogen and oxygen atoms in total. The maximum Gasteiger partial charge on any atom is 0.233 e. The van der Waals surface area contributed by atoms with E-state index < -0.39 is 0 Å². The number of thiocarbonyl (C=S) groups is 1. The summed E-state index contributed by atoms with van der Waals surface area (Å²) in [7, 11) is 0. The Morgan fingerprint density at radius 1 is 1.13 bits per heavy atom. The average molecular weight is 441 g/mol. The Morgan fingerprint density at radius 2 is 1.84 bits per heavy atom. The van der Waals surface area contributed by atoms with E-state index in [0.717, 1.165) is 42.9 Å². The molecule has 1 heterocycles. The lowest BCUT2D eigenvalue weighted by Crippen LogP contribution is -2.36. The molecule has 0 bridgehead atoms. The molecular weight excluding hydrogens is 408 g/mol. The van der Waals surface area contributed by atoms with E-state index in [1.165, 1.54) is 5.56 Å². The number of amides is 1. The van der Waals surface area contributed by atoms with Gasteiger partial charge in [0.1, 0.15) is 12.4 Å². The predicted octanol–water partition coefficient (Wildman–Crippen LogP) is 5.06. The van der Waals surface area contributed by atoms with Crippen molar-refractivity contribution in [2.24, 2.45) is 5.92 Å². The van der Waals surface area contributed by atoms with Crippen LogP contribution in [0.15, 0.2) is 48.5 Å². The monoisotopic (exact) mass is 440 g/mol. The predicted molar refractivity (Wildman–Crippen MR) is 129 cm³/mol. The molecule has 0 spiro atoms. The van der Waals surface area contributed by atoms with Gasteiger partial charge in [-0.05, 0) is 79.7 Å². The highest BCUT2D eigenvalue weighted by Crippen LogP contribution is 2.20. The Hall–Kier alpha value is -2.44. The van der Waals surface area contributed by atoms with Crippen molar-refractivity contribution in [1.29, 1.82) is 0 Å². The van der Waals surface area contributed by atoms with Crippen LogP contribution in [0.1, 0.15) is 50.7 Å². The number of ether oxygens (including phenoxy) is 2. The van der Waals surface area contributed by atoms with Crippen LogP contribution in [-0.4, -0.2) is 30.3 Å². The van der Waals surface area contributed by atoms with Gasteiger partial charge in [-0.3, -0.25) is 4.79 Å². The normalized spacial score (nSPS) is 16.7. The van der Waals surface area contributed by atoms with E-state index in [2.05, 4.69) is 36.6 Å². The summed E-state index contributed by atoms with van der Waals surface area (Å²) in [6, 6.07) is 15.7. The summed E-state index contributed by atoms with van der Waals surface area (Å²) in [5, 5.41) is 6.12. The number of carbonyl (C=O) groups is 1. The molecule has 31 heavy (non-hydrogen) atoms. The van der Waals surface area contributed by atoms with Crippen LogP contribution < -0.4 is 15.4 Å². The molecule has 1 fully saturated rings. The molecule has 3 rings (SSSR count). The third-order valence-corrected chi connectivity index (χ3v) is 5.53. The average Bonchev–Trinajstić information content (AvgIpc) is 3.26. The van der Waals surface area contributed by atoms with Gasteiger partial charge in [-0.15, -0.1) is 0 Å². The van der Waals surface area contributed by atoms with Crippen LogP contribution >= 0.6 is 12.2 Å². The van der Waals surface area contributed by atoms with Gasteiger partial charge in [-0.2, -0.15) is 0 Å². The van der Waals surface area contributed by atoms with E-state index >= 15 is 0 Å². The summed E-state index contributed by atoms with van der Waals surface area (Å²) in [4.78, 5) is 12.6. The Labute approximate surface area is 190 Å². The van der Waals surface area contributed by atoms with Crippen LogP contribution in [0.2, 0.25) is 0 Å². The standard InChI is InChI=1S/C25H32N2O3S/c1-17(2)15-19-6-8-20(9-7-19)18(3)24(28)27-25(31)26-21-10-12-22(13-11-21)30-16-23-5-4-14-29-23/h6-13,17-18,23H,4-5,14-16H2,1-3H3,(H2,26,27,28,31). The zero-order chi connectivity index (χ0) is 22.2. The van der Waals surface area contributed by atoms with Gasteiger partial charge < -0.3 is 20.1 Å². The van der Waals surface area contributed by atoms with Crippen molar-refractivity contribution < 1.29 is 14.3 Å². The molecule has 6 heteroatoms. The first-order valence-corrected chi connectivity index (χ1v) is 11.4. The highest BCUT2D eigenvalue weighted by Gasteiger charge is 2.17. The number of benzene rings is 2. The number of rotatable bonds is 8. The van der Waals surface area contributed by atoms with Gasteiger partial charge in [0.05, 0.1) is 12.0 Å². The third kappa shape index (κ3) is 7.33. The molecule has 0 saturated carbocycles. The Bertz CT molecular complexity index is 859. The van der Waals surface area contributed by atoms with Gasteiger partial charge in [0.25, 0.3) is 0 Å². The number of carbonyl (C=O) groups excluding carboxylic acids is 1. The molecule has 1 amide bonds. The molecule has 2 aromatic rings. The molecule has 0 radical (unpaired) electrons. The van der Waals surface area contributed by atoms with Gasteiger partial charge in [0.15, 0.2) is 5.11 Å². The fourth-order valence-electron chi connectivity index (χ4n) is 3.55. The summed E-state index contributed by atoms with van der Waals surface area (Å²) in [6.45, 7) is 7.67. The van der Waals surface area contributed by atoms with Gasteiger partial charge in [-0.1, -0.05) is 38.1 Å². The van der Waals surface area contributed by atoms with Crippen molar-refractivity contribution in [3.8, 4) is 5.75 Å². The van der Waals surface area contributed by atoms with E-state index in [0.29, 0.717) is 12.5 Å². The quantitative estimate of drug-likeness (QED) is 0.562. The fraction of sp³-hybridized carbons (Fsp3) is 0.440. The van der Waals surface area contributed by atoms with E-state index in [9.17, 15) is 4.79 Å². The van der Waals surface area contributed by atoms with Gasteiger partial charge in [0, 0.05) is 12.3 Å². The van der Waals surface area contributed by atoms with Crippen molar-refractivity contribution in [2.45, 2.75) is 52.1 Å². The van der Waals surface area contributed by atoms with E-state index in [4.69, 9.17) is 21.7 Å². The van der Waals surface area contributed by atoms with Crippen LogP contribution in [0.3, 0.4) is 0 Å². The molecule has 166 valence electrons. The molecule has 2 aromatic carbocycles. The van der Waals surface area contributed by atoms with Crippen LogP contribution in [0.25, 0.3) is 0 Å². The Morgan fingerprint density at radius 3 is 2.45 bits per heavy atom. The van der Waals surface area contributed by atoms with E-state index in [-0.39, 0.29) is 23.0 Å². The number of hydrogen-bond donors (Lipinski definition) is 2. The largest absolute Gasteiger partial charge is 0.491 e. The highest BCUT2D eigenvalue weighted by atomic mass is 32.1. The van der Waals surface area contributed by atoms with Crippen molar-refractivity contribution >= 4 is 28.9 Å². The Kier molecular flexibility index (Phi) is 8.43. The zero-order valence-electron chi connectivity index (χ0n) is 18.5. The van der Waals surface area contributed by atoms with E-state index in [1.54, 1.807) is 0 Å². The molecule has 2 unspecified atom stereocenters. The zero-order valence-corrected chi connectivity index (χ0v) is 19.3. The summed E-state index contributed by atoms with van der Waals surface area (Å²) in [5.74, 6) is 0.967. The minimum Gasteiger partial charge on any atom is -0.491 e. The van der Waals surface area contributed by atoms with Crippen molar-refractivity contribution in [3.05, 3.63) is 59.7 Å². The lowest BCUT2D eigenvalue weighted by atomic mass is 9.96. The molecule has 1 saturated heterocycles. The summed E-state index contributed by atoms with van der Waals surface area (Å²) in [5.41, 5.74) is 3.05. The topological polar surface area (TPSA) is 59.6 Å². The summed E-state index contributed by atoms with van der Waals surface area (Å²) >= 11 is 5.32.